The van der Waals surface area contributed by atoms with Crippen molar-refractivity contribution in [1.82, 2.24) is 9.97 Å². The van der Waals surface area contributed by atoms with Gasteiger partial charge < -0.3 is 26.0 Å². The molecule has 4 rings (SSSR count). The maximum atomic E-state index is 11.3. The Labute approximate surface area is 209 Å². The van der Waals surface area contributed by atoms with Gasteiger partial charge in [-0.25, -0.2) is 4.98 Å². The number of aromatic nitrogens is 2. The number of carbonyl (C=O) groups is 1. The van der Waals surface area contributed by atoms with E-state index >= 15 is 0 Å². The quantitative estimate of drug-likeness (QED) is 0.299. The first-order valence-corrected chi connectivity index (χ1v) is 11.6. The minimum absolute atomic E-state index is 0.0769. The predicted molar refractivity (Wildman–Crippen MR) is 139 cm³/mol. The van der Waals surface area contributed by atoms with Gasteiger partial charge in [0.2, 0.25) is 5.95 Å². The van der Waals surface area contributed by atoms with Gasteiger partial charge in [-0.3, -0.25) is 4.79 Å². The number of nitrogens with zero attached hydrogens (tertiary/aromatic N) is 2. The van der Waals surface area contributed by atoms with Gasteiger partial charge in [0.1, 0.15) is 23.9 Å². The largest absolute Gasteiger partial charge is 0.493 e. The van der Waals surface area contributed by atoms with Crippen LogP contribution in [0, 0.1) is 0 Å². The first-order valence-electron chi connectivity index (χ1n) is 11.6. The standard InChI is InChI=1S/C28H28N4O4/c1-2-35-23-13-20(12-22-16-31-28(30)32-27(22)29)14-24(36-17-18-7-4-3-5-8-18)26(23)21-10-6-9-19(11-21)15-25(33)34/h3-11,13-14,16H,2,12,15,17H2,1H3,(H,33,34)(H4,29,30,31,32). The highest BCUT2D eigenvalue weighted by atomic mass is 16.5. The molecule has 8 nitrogen and oxygen atoms in total. The Morgan fingerprint density at radius 3 is 2.33 bits per heavy atom. The average molecular weight is 485 g/mol. The summed E-state index contributed by atoms with van der Waals surface area (Å²) in [7, 11) is 0. The molecular formula is C28H28N4O4. The number of ether oxygens (including phenoxy) is 2. The molecule has 0 aliphatic heterocycles. The monoisotopic (exact) mass is 484 g/mol. The maximum absolute atomic E-state index is 11.3. The zero-order valence-corrected chi connectivity index (χ0v) is 20.0. The summed E-state index contributed by atoms with van der Waals surface area (Å²) in [5, 5.41) is 9.27. The third-order valence-electron chi connectivity index (χ3n) is 5.55. The van der Waals surface area contributed by atoms with Crippen LogP contribution in [0.3, 0.4) is 0 Å². The van der Waals surface area contributed by atoms with E-state index in [9.17, 15) is 9.90 Å². The molecule has 0 amide bonds. The number of hydrogen-bond donors (Lipinski definition) is 3. The normalized spacial score (nSPS) is 10.7. The lowest BCUT2D eigenvalue weighted by Crippen LogP contribution is -2.06. The van der Waals surface area contributed by atoms with Gasteiger partial charge in [0.25, 0.3) is 0 Å². The number of anilines is 2. The summed E-state index contributed by atoms with van der Waals surface area (Å²) in [5.41, 5.74) is 16.6. The smallest absolute Gasteiger partial charge is 0.307 e. The van der Waals surface area contributed by atoms with E-state index in [1.807, 2.05) is 67.6 Å². The lowest BCUT2D eigenvalue weighted by atomic mass is 9.96. The molecule has 8 heteroatoms. The Hall–Kier alpha value is -4.59. The molecule has 0 atom stereocenters. The van der Waals surface area contributed by atoms with Crippen LogP contribution in [0.4, 0.5) is 11.8 Å². The van der Waals surface area contributed by atoms with Crippen LogP contribution >= 0.6 is 0 Å². The lowest BCUT2D eigenvalue weighted by Gasteiger charge is -2.19. The fourth-order valence-electron chi connectivity index (χ4n) is 3.95. The van der Waals surface area contributed by atoms with Crippen molar-refractivity contribution in [3.05, 3.63) is 95.2 Å². The molecule has 0 aliphatic carbocycles. The number of carboxylic acids is 1. The topological polar surface area (TPSA) is 134 Å². The molecule has 0 aliphatic rings. The van der Waals surface area contributed by atoms with Crippen molar-refractivity contribution in [2.75, 3.05) is 18.1 Å². The van der Waals surface area contributed by atoms with Crippen LogP contribution in [-0.4, -0.2) is 27.7 Å². The van der Waals surface area contributed by atoms with Crippen LogP contribution in [0.25, 0.3) is 11.1 Å². The fraction of sp³-hybridized carbons (Fsp3) is 0.179. The molecular weight excluding hydrogens is 456 g/mol. The molecule has 0 bridgehead atoms. The van der Waals surface area contributed by atoms with Gasteiger partial charge in [-0.2, -0.15) is 4.98 Å². The van der Waals surface area contributed by atoms with Gasteiger partial charge >= 0.3 is 5.97 Å². The third-order valence-corrected chi connectivity index (χ3v) is 5.55. The van der Waals surface area contributed by atoms with Crippen molar-refractivity contribution in [3.63, 3.8) is 0 Å². The molecule has 1 aromatic heterocycles. The third kappa shape index (κ3) is 6.09. The van der Waals surface area contributed by atoms with Gasteiger partial charge in [0.15, 0.2) is 0 Å². The van der Waals surface area contributed by atoms with E-state index in [2.05, 4.69) is 9.97 Å². The van der Waals surface area contributed by atoms with Crippen molar-refractivity contribution in [3.8, 4) is 22.6 Å². The van der Waals surface area contributed by atoms with Crippen molar-refractivity contribution in [2.45, 2.75) is 26.4 Å². The van der Waals surface area contributed by atoms with E-state index in [4.69, 9.17) is 20.9 Å². The summed E-state index contributed by atoms with van der Waals surface area (Å²) in [6.45, 7) is 2.70. The van der Waals surface area contributed by atoms with E-state index in [1.165, 1.54) is 0 Å². The molecule has 0 saturated heterocycles. The van der Waals surface area contributed by atoms with Crippen LogP contribution < -0.4 is 20.9 Å². The summed E-state index contributed by atoms with van der Waals surface area (Å²) < 4.78 is 12.4. The number of nitrogens with two attached hydrogens (primary N) is 2. The van der Waals surface area contributed by atoms with Crippen LogP contribution in [0.1, 0.15) is 29.2 Å². The van der Waals surface area contributed by atoms with E-state index in [-0.39, 0.29) is 12.4 Å². The van der Waals surface area contributed by atoms with Gasteiger partial charge in [0, 0.05) is 18.2 Å². The highest BCUT2D eigenvalue weighted by molar-refractivity contribution is 5.79. The molecule has 0 unspecified atom stereocenters. The molecule has 184 valence electrons. The maximum Gasteiger partial charge on any atom is 0.307 e. The zero-order valence-electron chi connectivity index (χ0n) is 20.0. The molecule has 36 heavy (non-hydrogen) atoms. The average Bonchev–Trinajstić information content (AvgIpc) is 2.85. The van der Waals surface area contributed by atoms with Crippen molar-refractivity contribution in [1.29, 1.82) is 0 Å². The molecule has 4 aromatic rings. The number of rotatable bonds is 10. The molecule has 3 aromatic carbocycles. The number of benzene rings is 3. The summed E-state index contributed by atoms with van der Waals surface area (Å²) in [6, 6.07) is 21.1. The van der Waals surface area contributed by atoms with E-state index < -0.39 is 5.97 Å². The van der Waals surface area contributed by atoms with Crippen molar-refractivity contribution >= 4 is 17.7 Å². The zero-order chi connectivity index (χ0) is 25.5. The molecule has 0 spiro atoms. The first kappa shape index (κ1) is 24.5. The Morgan fingerprint density at radius 2 is 1.64 bits per heavy atom. The summed E-state index contributed by atoms with van der Waals surface area (Å²) >= 11 is 0. The predicted octanol–water partition coefficient (Wildman–Crippen LogP) is 4.50. The van der Waals surface area contributed by atoms with Crippen LogP contribution in [0.15, 0.2) is 72.9 Å². The number of aliphatic carboxylic acids is 1. The number of nitrogen functional groups attached to an aromatic ring is 2. The Morgan fingerprint density at radius 1 is 0.917 bits per heavy atom. The number of carboxylic acid groups (broad SMARTS) is 1. The van der Waals surface area contributed by atoms with Gasteiger partial charge in [-0.15, -0.1) is 0 Å². The van der Waals surface area contributed by atoms with Crippen molar-refractivity contribution in [2.24, 2.45) is 0 Å². The Bertz CT molecular complexity index is 1360. The van der Waals surface area contributed by atoms with Crippen molar-refractivity contribution < 1.29 is 19.4 Å². The molecule has 0 fully saturated rings. The fourth-order valence-corrected chi connectivity index (χ4v) is 3.95. The highest BCUT2D eigenvalue weighted by Crippen LogP contribution is 2.41. The molecule has 0 radical (unpaired) electrons. The van der Waals surface area contributed by atoms with Gasteiger partial charge in [-0.05, 0) is 41.3 Å². The summed E-state index contributed by atoms with van der Waals surface area (Å²) in [4.78, 5) is 19.4. The summed E-state index contributed by atoms with van der Waals surface area (Å²) in [5.74, 6) is 0.784. The number of hydrogen-bond acceptors (Lipinski definition) is 7. The molecule has 5 N–H and O–H groups in total. The van der Waals surface area contributed by atoms with Gasteiger partial charge in [-0.1, -0.05) is 54.6 Å². The molecule has 0 saturated carbocycles. The SMILES string of the molecule is CCOc1cc(Cc2cnc(N)nc2N)cc(OCc2ccccc2)c1-c1cccc(CC(=O)O)c1. The first-order chi connectivity index (χ1) is 17.4. The van der Waals surface area contributed by atoms with Crippen LogP contribution in [0.2, 0.25) is 0 Å². The Balaban J connectivity index is 1.80. The second-order valence-corrected chi connectivity index (χ2v) is 8.26. The Kier molecular flexibility index (Phi) is 7.65. The van der Waals surface area contributed by atoms with E-state index in [0.29, 0.717) is 42.5 Å². The van der Waals surface area contributed by atoms with Crippen LogP contribution in [0.5, 0.6) is 11.5 Å². The van der Waals surface area contributed by atoms with Crippen LogP contribution in [-0.2, 0) is 24.2 Å². The van der Waals surface area contributed by atoms with E-state index in [1.54, 1.807) is 12.3 Å². The highest BCUT2D eigenvalue weighted by Gasteiger charge is 2.18. The second kappa shape index (κ2) is 11.2. The van der Waals surface area contributed by atoms with Gasteiger partial charge in [0.05, 0.1) is 18.6 Å². The minimum atomic E-state index is -0.892. The summed E-state index contributed by atoms with van der Waals surface area (Å²) in [6.07, 6.45) is 1.99. The molecule has 1 heterocycles. The van der Waals surface area contributed by atoms with E-state index in [0.717, 1.165) is 27.8 Å². The second-order valence-electron chi connectivity index (χ2n) is 8.26. The lowest BCUT2D eigenvalue weighted by molar-refractivity contribution is -0.136. The minimum Gasteiger partial charge on any atom is -0.493 e.